The molecule has 5 N–H and O–H groups in total. The molecule has 0 aromatic heterocycles. The van der Waals surface area contributed by atoms with Gasteiger partial charge in [-0.05, 0) is 52.6 Å². The highest BCUT2D eigenvalue weighted by Gasteiger charge is 2.37. The molecule has 0 aliphatic carbocycles. The number of carbonyl (C=O) groups excluding carboxylic acids is 3. The van der Waals surface area contributed by atoms with E-state index in [1.807, 2.05) is 26.8 Å². The fourth-order valence-electron chi connectivity index (χ4n) is 4.63. The molecule has 38 heavy (non-hydrogen) atoms. The van der Waals surface area contributed by atoms with E-state index in [9.17, 15) is 23.9 Å². The molecule has 208 valence electrons. The summed E-state index contributed by atoms with van der Waals surface area (Å²) in [5.74, 6) is -2.18. The van der Waals surface area contributed by atoms with Crippen LogP contribution < -0.4 is 11.5 Å². The zero-order chi connectivity index (χ0) is 28.9. The summed E-state index contributed by atoms with van der Waals surface area (Å²) in [7, 11) is 2.99. The molecule has 0 heterocycles. The number of rotatable bonds is 10. The van der Waals surface area contributed by atoms with Gasteiger partial charge in [-0.15, -0.1) is 0 Å². The van der Waals surface area contributed by atoms with E-state index in [1.54, 1.807) is 38.1 Å². The predicted octanol–water partition coefficient (Wildman–Crippen LogP) is 2.74. The van der Waals surface area contributed by atoms with E-state index in [2.05, 4.69) is 0 Å². The molecule has 0 bridgehead atoms. The first-order chi connectivity index (χ1) is 17.5. The highest BCUT2D eigenvalue weighted by molar-refractivity contribution is 5.93. The van der Waals surface area contributed by atoms with Gasteiger partial charge in [0.1, 0.15) is 23.7 Å². The van der Waals surface area contributed by atoms with Gasteiger partial charge in [-0.3, -0.25) is 14.4 Å². The molecule has 0 fully saturated rings. The minimum Gasteiger partial charge on any atom is -0.508 e. The molecule has 0 aliphatic heterocycles. The molecular weight excluding hydrogens is 487 g/mol. The standard InChI is InChI=1S/C29H41FN4O4/c1-17(2)25(34(7)27(37)22(31)15-18-9-8-10-20(30)13-18)28(38)33(6)23(26(32)36)16-19-11-12-24(35)21(14-19)29(3,4)5/h8-14,17,22-23,25,35H,15-16,31H2,1-7H3,(H2,32,36)/t22-,23-,25-/m0/s1. The number of carbonyl (C=O) groups is 3. The normalized spacial score (nSPS) is 14.1. The van der Waals surface area contributed by atoms with Crippen molar-refractivity contribution in [2.45, 2.75) is 71.0 Å². The maximum absolute atomic E-state index is 13.7. The monoisotopic (exact) mass is 528 g/mol. The highest BCUT2D eigenvalue weighted by atomic mass is 19.1. The lowest BCUT2D eigenvalue weighted by Crippen LogP contribution is -2.58. The summed E-state index contributed by atoms with van der Waals surface area (Å²) in [4.78, 5) is 41.9. The van der Waals surface area contributed by atoms with Crippen LogP contribution >= 0.6 is 0 Å². The van der Waals surface area contributed by atoms with Crippen molar-refractivity contribution in [3.63, 3.8) is 0 Å². The summed E-state index contributed by atoms with van der Waals surface area (Å²) in [5.41, 5.74) is 13.6. The predicted molar refractivity (Wildman–Crippen MR) is 146 cm³/mol. The van der Waals surface area contributed by atoms with E-state index in [0.717, 1.165) is 5.56 Å². The lowest BCUT2D eigenvalue weighted by Gasteiger charge is -2.36. The molecule has 0 aliphatic rings. The topological polar surface area (TPSA) is 130 Å². The molecule has 0 spiro atoms. The van der Waals surface area contributed by atoms with Gasteiger partial charge in [-0.2, -0.15) is 0 Å². The number of halogens is 1. The van der Waals surface area contributed by atoms with Crippen molar-refractivity contribution >= 4 is 17.7 Å². The molecule has 3 atom stereocenters. The number of hydrogen-bond acceptors (Lipinski definition) is 5. The Morgan fingerprint density at radius 2 is 1.55 bits per heavy atom. The molecule has 8 nitrogen and oxygen atoms in total. The second kappa shape index (κ2) is 12.4. The smallest absolute Gasteiger partial charge is 0.246 e. The third-order valence-electron chi connectivity index (χ3n) is 6.75. The number of primary amides is 1. The SMILES string of the molecule is CC(C)[C@@H](C(=O)N(C)[C@@H](Cc1ccc(O)c(C(C)(C)C)c1)C(N)=O)N(C)C(=O)[C@@H](N)Cc1cccc(F)c1. The Bertz CT molecular complexity index is 1160. The summed E-state index contributed by atoms with van der Waals surface area (Å²) >= 11 is 0. The molecule has 0 unspecified atom stereocenters. The lowest BCUT2D eigenvalue weighted by molar-refractivity contribution is -0.149. The van der Waals surface area contributed by atoms with Crippen LogP contribution in [0, 0.1) is 11.7 Å². The molecule has 3 amide bonds. The van der Waals surface area contributed by atoms with E-state index in [4.69, 9.17) is 11.5 Å². The third kappa shape index (κ3) is 7.54. The van der Waals surface area contributed by atoms with Crippen molar-refractivity contribution < 1.29 is 23.9 Å². The zero-order valence-electron chi connectivity index (χ0n) is 23.4. The van der Waals surface area contributed by atoms with Gasteiger partial charge in [-0.25, -0.2) is 4.39 Å². The molecule has 0 saturated heterocycles. The van der Waals surface area contributed by atoms with Crippen LogP contribution in [0.4, 0.5) is 4.39 Å². The summed E-state index contributed by atoms with van der Waals surface area (Å²) in [6.45, 7) is 9.49. The van der Waals surface area contributed by atoms with Crippen molar-refractivity contribution in [1.29, 1.82) is 0 Å². The van der Waals surface area contributed by atoms with Crippen LogP contribution in [-0.4, -0.2) is 64.8 Å². The molecule has 0 saturated carbocycles. The van der Waals surface area contributed by atoms with E-state index in [1.165, 1.54) is 36.0 Å². The van der Waals surface area contributed by atoms with Crippen LogP contribution in [0.15, 0.2) is 42.5 Å². The lowest BCUT2D eigenvalue weighted by atomic mass is 9.84. The summed E-state index contributed by atoms with van der Waals surface area (Å²) in [5, 5.41) is 10.3. The number of nitrogens with two attached hydrogens (primary N) is 2. The van der Waals surface area contributed by atoms with Crippen molar-refractivity contribution in [3.05, 3.63) is 65.0 Å². The number of likely N-dealkylation sites (N-methyl/N-ethyl adjacent to an activating group) is 2. The van der Waals surface area contributed by atoms with E-state index in [0.29, 0.717) is 11.1 Å². The number of hydrogen-bond donors (Lipinski definition) is 3. The van der Waals surface area contributed by atoms with Gasteiger partial charge in [0.25, 0.3) is 0 Å². The quantitative estimate of drug-likeness (QED) is 0.437. The second-order valence-electron chi connectivity index (χ2n) is 11.3. The van der Waals surface area contributed by atoms with E-state index < -0.39 is 41.7 Å². The van der Waals surface area contributed by atoms with Crippen LogP contribution in [0.5, 0.6) is 5.75 Å². The van der Waals surface area contributed by atoms with Crippen molar-refractivity contribution in [3.8, 4) is 5.75 Å². The molecule has 9 heteroatoms. The second-order valence-corrected chi connectivity index (χ2v) is 11.3. The number of amides is 3. The largest absolute Gasteiger partial charge is 0.508 e. The Morgan fingerprint density at radius 1 is 0.947 bits per heavy atom. The Labute approximate surface area is 224 Å². The van der Waals surface area contributed by atoms with Gasteiger partial charge >= 0.3 is 0 Å². The van der Waals surface area contributed by atoms with Crippen LogP contribution in [0.25, 0.3) is 0 Å². The molecule has 2 rings (SSSR count). The minimum absolute atomic E-state index is 0.108. The molecule has 2 aromatic rings. The van der Waals surface area contributed by atoms with Crippen molar-refractivity contribution in [2.24, 2.45) is 17.4 Å². The number of phenolic OH excluding ortho intramolecular Hbond substituents is 1. The van der Waals surface area contributed by atoms with Gasteiger partial charge in [-0.1, -0.05) is 58.9 Å². The van der Waals surface area contributed by atoms with Gasteiger partial charge in [0.2, 0.25) is 17.7 Å². The number of nitrogens with zero attached hydrogens (tertiary/aromatic N) is 2. The van der Waals surface area contributed by atoms with Gasteiger partial charge in [0.15, 0.2) is 0 Å². The summed E-state index contributed by atoms with van der Waals surface area (Å²) < 4.78 is 13.6. The fraction of sp³-hybridized carbons (Fsp3) is 0.483. The number of phenols is 1. The average molecular weight is 529 g/mol. The Hall–Kier alpha value is -3.46. The highest BCUT2D eigenvalue weighted by Crippen LogP contribution is 2.31. The summed E-state index contributed by atoms with van der Waals surface area (Å²) in [6.07, 6.45) is 0.249. The third-order valence-corrected chi connectivity index (χ3v) is 6.75. The van der Waals surface area contributed by atoms with Gasteiger partial charge in [0, 0.05) is 20.5 Å². The average Bonchev–Trinajstić information content (AvgIpc) is 2.81. The minimum atomic E-state index is -0.985. The van der Waals surface area contributed by atoms with Crippen LogP contribution in [0.2, 0.25) is 0 Å². The Balaban J connectivity index is 2.27. The molecule has 2 aromatic carbocycles. The molecule has 0 radical (unpaired) electrons. The Morgan fingerprint density at radius 3 is 2.08 bits per heavy atom. The van der Waals surface area contributed by atoms with Crippen LogP contribution in [0.3, 0.4) is 0 Å². The van der Waals surface area contributed by atoms with Crippen LogP contribution in [0.1, 0.15) is 51.3 Å². The van der Waals surface area contributed by atoms with Gasteiger partial charge in [0.05, 0.1) is 6.04 Å². The maximum Gasteiger partial charge on any atom is 0.246 e. The molecular formula is C29H41FN4O4. The zero-order valence-corrected chi connectivity index (χ0v) is 23.4. The maximum atomic E-state index is 13.7. The first-order valence-electron chi connectivity index (χ1n) is 12.7. The first kappa shape index (κ1) is 30.8. The number of aromatic hydroxyl groups is 1. The van der Waals surface area contributed by atoms with E-state index >= 15 is 0 Å². The fourth-order valence-corrected chi connectivity index (χ4v) is 4.63. The van der Waals surface area contributed by atoms with Crippen molar-refractivity contribution in [2.75, 3.05) is 14.1 Å². The van der Waals surface area contributed by atoms with E-state index in [-0.39, 0.29) is 29.9 Å². The Kier molecular flexibility index (Phi) is 10.0. The van der Waals surface area contributed by atoms with Crippen LogP contribution in [-0.2, 0) is 32.6 Å². The summed E-state index contributed by atoms with van der Waals surface area (Å²) in [6, 6.07) is 8.06. The van der Waals surface area contributed by atoms with Crippen molar-refractivity contribution in [1.82, 2.24) is 9.80 Å². The number of benzene rings is 2. The van der Waals surface area contributed by atoms with Gasteiger partial charge < -0.3 is 26.4 Å². The first-order valence-corrected chi connectivity index (χ1v) is 12.7.